The maximum atomic E-state index is 13.8. The van der Waals surface area contributed by atoms with Crippen molar-refractivity contribution >= 4 is 22.4 Å². The fourth-order valence-corrected chi connectivity index (χ4v) is 21.9. The molecule has 4 aliphatic rings. The molecule has 0 aromatic rings. The number of ether oxygens (including phenoxy) is 1. The highest BCUT2D eigenvalue weighted by Gasteiger charge is 2.74. The first kappa shape index (κ1) is 34.3. The van der Waals surface area contributed by atoms with Crippen LogP contribution in [-0.4, -0.2) is 51.1 Å². The maximum absolute atomic E-state index is 13.8. The highest BCUT2D eigenvalue weighted by molar-refractivity contribution is 6.78. The van der Waals surface area contributed by atoms with Crippen molar-refractivity contribution in [2.75, 3.05) is 6.61 Å². The van der Waals surface area contributed by atoms with Crippen molar-refractivity contribution in [2.45, 2.75) is 166 Å². The van der Waals surface area contributed by atoms with Gasteiger partial charge in [0.1, 0.15) is 5.60 Å². The average Bonchev–Trinajstić information content (AvgIpc) is 3.37. The van der Waals surface area contributed by atoms with E-state index in [1.807, 2.05) is 13.0 Å². The highest BCUT2D eigenvalue weighted by atomic mass is 28.4. The summed E-state index contributed by atoms with van der Waals surface area (Å²) in [6.07, 6.45) is 6.29. The van der Waals surface area contributed by atoms with E-state index in [2.05, 4.69) is 96.1 Å². The minimum absolute atomic E-state index is 0.0558. The Bertz CT molecular complexity index is 1060. The monoisotopic (exact) mass is 618 g/mol. The van der Waals surface area contributed by atoms with Gasteiger partial charge in [0.15, 0.2) is 11.6 Å². The first-order chi connectivity index (χ1) is 19.3. The molecule has 42 heavy (non-hydrogen) atoms. The summed E-state index contributed by atoms with van der Waals surface area (Å²) in [7, 11) is -4.39. The van der Waals surface area contributed by atoms with Gasteiger partial charge in [0.05, 0.1) is 12.2 Å². The maximum Gasteiger partial charge on any atom is 0.204 e. The topological polar surface area (TPSA) is 65.0 Å². The van der Waals surface area contributed by atoms with Crippen LogP contribution in [0.1, 0.15) is 116 Å². The molecule has 1 spiro atoms. The molecule has 2 aliphatic carbocycles. The van der Waals surface area contributed by atoms with Gasteiger partial charge in [-0.25, -0.2) is 0 Å². The lowest BCUT2D eigenvalue weighted by Gasteiger charge is -2.47. The third kappa shape index (κ3) is 4.77. The van der Waals surface area contributed by atoms with Gasteiger partial charge in [-0.05, 0) is 57.2 Å². The van der Waals surface area contributed by atoms with Crippen molar-refractivity contribution in [3.8, 4) is 0 Å². The van der Waals surface area contributed by atoms with Crippen molar-refractivity contribution in [1.82, 2.24) is 0 Å². The highest BCUT2D eigenvalue weighted by Crippen LogP contribution is 2.67. The van der Waals surface area contributed by atoms with Gasteiger partial charge in [0.2, 0.25) is 16.6 Å². The van der Waals surface area contributed by atoms with Crippen LogP contribution in [0, 0.1) is 17.8 Å². The Labute approximate surface area is 259 Å². The fraction of sp³-hybridized carbons (Fsp3) is 0.857. The van der Waals surface area contributed by atoms with Gasteiger partial charge in [0, 0.05) is 31.1 Å². The van der Waals surface area contributed by atoms with Gasteiger partial charge in [-0.15, -0.1) is 0 Å². The average molecular weight is 619 g/mol. The van der Waals surface area contributed by atoms with E-state index in [1.54, 1.807) is 0 Å². The van der Waals surface area contributed by atoms with Crippen molar-refractivity contribution in [3.05, 3.63) is 23.3 Å². The molecule has 4 rings (SSSR count). The zero-order valence-corrected chi connectivity index (χ0v) is 31.3. The Hall–Kier alpha value is -0.576. The van der Waals surface area contributed by atoms with Crippen molar-refractivity contribution in [1.29, 1.82) is 0 Å². The van der Waals surface area contributed by atoms with Crippen LogP contribution in [0.2, 0.25) is 33.2 Å². The molecule has 0 amide bonds. The van der Waals surface area contributed by atoms with Crippen LogP contribution in [0.25, 0.3) is 0 Å². The molecule has 0 aromatic carbocycles. The molecular weight excluding hydrogens is 557 g/mol. The van der Waals surface area contributed by atoms with E-state index in [4.69, 9.17) is 13.6 Å². The van der Waals surface area contributed by atoms with Crippen LogP contribution >= 0.6 is 0 Å². The summed E-state index contributed by atoms with van der Waals surface area (Å²) in [5.74, 6) is -1.03. The molecule has 2 saturated heterocycles. The molecule has 1 N–H and O–H groups in total. The van der Waals surface area contributed by atoms with E-state index in [0.717, 1.165) is 18.4 Å². The van der Waals surface area contributed by atoms with Crippen molar-refractivity contribution in [2.24, 2.45) is 17.8 Å². The quantitative estimate of drug-likeness (QED) is 0.185. The molecule has 0 radical (unpaired) electrons. The summed E-state index contributed by atoms with van der Waals surface area (Å²) in [5.41, 5.74) is 2.26. The Morgan fingerprint density at radius 3 is 1.83 bits per heavy atom. The number of ketones is 1. The number of carbonyl (C=O) groups excluding carboxylic acids is 1. The number of fused-ring (bicyclic) bond motifs is 2. The second-order valence-electron chi connectivity index (χ2n) is 16.4. The SMILES string of the molecule is CC1=C[C@H]2[C@@]34O[C@@](O[Si](C(C)C)(C(C)C)C(C)C)(C[C@H]3C)C[C@@H]4C=C(CO[Si](C(C)C)(C(C)C)C(C)C)C[C@]2(O)C1=O. The van der Waals surface area contributed by atoms with Gasteiger partial charge in [-0.3, -0.25) is 4.79 Å². The van der Waals surface area contributed by atoms with Gasteiger partial charge in [0.25, 0.3) is 0 Å². The standard InChI is InChI=1S/C35H62O5Si2/c1-21(2)41(22(3)4,23(5)6)38-20-29-16-30-19-33(40-42(24(7)8,25(9)10)26(11)12)17-28(14)35(30,39-33)31-15-27(13)32(36)34(31,37)18-29/h15-16,21-26,28,30-31,37H,17-20H2,1-14H3/t28-,30+,31-,33-,34-,35-/m1/s1. The molecule has 6 atom stereocenters. The van der Waals surface area contributed by atoms with Gasteiger partial charge >= 0.3 is 0 Å². The number of rotatable bonds is 11. The Balaban J connectivity index is 1.81. The van der Waals surface area contributed by atoms with E-state index in [9.17, 15) is 9.90 Å². The normalized spacial score (nSPS) is 35.2. The van der Waals surface area contributed by atoms with E-state index in [0.29, 0.717) is 51.8 Å². The Kier molecular flexibility index (Phi) is 9.26. The van der Waals surface area contributed by atoms with Crippen LogP contribution in [0.5, 0.6) is 0 Å². The molecule has 0 aromatic heterocycles. The number of hydrogen-bond acceptors (Lipinski definition) is 5. The van der Waals surface area contributed by atoms with Crippen molar-refractivity contribution in [3.63, 3.8) is 0 Å². The second-order valence-corrected chi connectivity index (χ2v) is 27.2. The van der Waals surface area contributed by atoms with Crippen molar-refractivity contribution < 1.29 is 23.5 Å². The molecular formula is C35H62O5Si2. The second kappa shape index (κ2) is 11.3. The summed E-state index contributed by atoms with van der Waals surface area (Å²) in [6, 6.07) is 0. The van der Waals surface area contributed by atoms with E-state index < -0.39 is 39.5 Å². The number of aliphatic hydroxyl groups is 1. The summed E-state index contributed by atoms with van der Waals surface area (Å²) < 4.78 is 21.9. The number of Topliss-reactive ketones (excluding diaryl/α,β-unsaturated/α-hetero) is 1. The first-order valence-electron chi connectivity index (χ1n) is 17.0. The van der Waals surface area contributed by atoms with Gasteiger partial charge < -0.3 is 18.7 Å². The lowest BCUT2D eigenvalue weighted by molar-refractivity contribution is -0.200. The lowest BCUT2D eigenvalue weighted by atomic mass is 9.62. The third-order valence-corrected chi connectivity index (χ3v) is 24.4. The summed E-state index contributed by atoms with van der Waals surface area (Å²) >= 11 is 0. The largest absolute Gasteiger partial charge is 0.412 e. The molecule has 2 aliphatic heterocycles. The molecule has 5 nitrogen and oxygen atoms in total. The molecule has 0 saturated carbocycles. The van der Waals surface area contributed by atoms with Gasteiger partial charge in [-0.2, -0.15) is 0 Å². The summed E-state index contributed by atoms with van der Waals surface area (Å²) in [6.45, 7) is 32.4. The van der Waals surface area contributed by atoms with E-state index >= 15 is 0 Å². The van der Waals surface area contributed by atoms with Crippen LogP contribution in [0.3, 0.4) is 0 Å². The Morgan fingerprint density at radius 2 is 1.36 bits per heavy atom. The molecule has 240 valence electrons. The number of hydrogen-bond donors (Lipinski definition) is 1. The predicted molar refractivity (Wildman–Crippen MR) is 177 cm³/mol. The van der Waals surface area contributed by atoms with Gasteiger partial charge in [-0.1, -0.05) is 102 Å². The van der Waals surface area contributed by atoms with Crippen LogP contribution in [0.4, 0.5) is 0 Å². The van der Waals surface area contributed by atoms with Crippen LogP contribution in [-0.2, 0) is 18.4 Å². The zero-order valence-electron chi connectivity index (χ0n) is 29.3. The Morgan fingerprint density at radius 1 is 0.857 bits per heavy atom. The smallest absolute Gasteiger partial charge is 0.204 e. The predicted octanol–water partition coefficient (Wildman–Crippen LogP) is 9.09. The number of carbonyl (C=O) groups is 1. The molecule has 2 bridgehead atoms. The van der Waals surface area contributed by atoms with Crippen LogP contribution < -0.4 is 0 Å². The summed E-state index contributed by atoms with van der Waals surface area (Å²) in [4.78, 5) is 13.8. The minimum atomic E-state index is -2.25. The summed E-state index contributed by atoms with van der Waals surface area (Å²) in [5, 5.41) is 12.4. The molecule has 7 heteroatoms. The fourth-order valence-electron chi connectivity index (χ4n) is 10.9. The minimum Gasteiger partial charge on any atom is -0.412 e. The molecule has 2 fully saturated rings. The van der Waals surface area contributed by atoms with E-state index in [1.165, 1.54) is 0 Å². The molecule has 2 heterocycles. The third-order valence-electron chi connectivity index (χ3n) is 12.2. The zero-order chi connectivity index (χ0) is 31.8. The van der Waals surface area contributed by atoms with E-state index in [-0.39, 0.29) is 17.6 Å². The first-order valence-corrected chi connectivity index (χ1v) is 21.2. The lowest BCUT2D eigenvalue weighted by Crippen LogP contribution is -2.55. The van der Waals surface area contributed by atoms with Crippen LogP contribution in [0.15, 0.2) is 23.3 Å². The molecule has 0 unspecified atom stereocenters.